The normalized spacial score (nSPS) is 16.5. The molecule has 0 aromatic heterocycles. The standard InChI is InChI=1S/C28H23F3N2O9/c29-28(30,31)27(41)33-17-4-1-5-18(35)22(17)24(38)23-19(36)11-14(12-20(23)37)26(40)42-21-6-2-3-16(21)32-25(39)13-7-9-15(34)10-8-13/h1,4-5,7-12,16,21,34-37H,2-3,6H2,(H,32,39)(H,33,41)/t16-,21-/m1/s1. The van der Waals surface area contributed by atoms with Crippen molar-refractivity contribution in [3.05, 3.63) is 76.9 Å². The van der Waals surface area contributed by atoms with E-state index in [1.54, 1.807) is 0 Å². The molecule has 0 aliphatic heterocycles. The average molecular weight is 588 g/mol. The second-order valence-corrected chi connectivity index (χ2v) is 9.37. The molecule has 2 atom stereocenters. The number of alkyl halides is 3. The minimum atomic E-state index is -5.31. The Bertz CT molecular complexity index is 1530. The predicted octanol–water partition coefficient (Wildman–Crippen LogP) is 3.75. The van der Waals surface area contributed by atoms with Gasteiger partial charge >= 0.3 is 18.1 Å². The second-order valence-electron chi connectivity index (χ2n) is 9.37. The Morgan fingerprint density at radius 1 is 0.810 bits per heavy atom. The lowest BCUT2D eigenvalue weighted by atomic mass is 9.97. The van der Waals surface area contributed by atoms with Gasteiger partial charge in [0.1, 0.15) is 34.7 Å². The molecule has 0 radical (unpaired) electrons. The lowest BCUT2D eigenvalue weighted by molar-refractivity contribution is -0.167. The number of amides is 2. The van der Waals surface area contributed by atoms with Crippen molar-refractivity contribution in [2.75, 3.05) is 5.32 Å². The van der Waals surface area contributed by atoms with Crippen LogP contribution in [0.25, 0.3) is 0 Å². The Kier molecular flexibility index (Phi) is 8.26. The monoisotopic (exact) mass is 588 g/mol. The smallest absolute Gasteiger partial charge is 0.471 e. The SMILES string of the molecule is O=C(N[C@@H]1CCC[C@H]1OC(=O)c1cc(O)c(C(=O)c2c(O)cccc2NC(=O)C(F)(F)F)c(O)c1)c1ccc(O)cc1. The van der Waals surface area contributed by atoms with Gasteiger partial charge in [-0.25, -0.2) is 4.79 Å². The summed E-state index contributed by atoms with van der Waals surface area (Å²) in [5.74, 6) is -8.08. The van der Waals surface area contributed by atoms with Gasteiger partial charge in [0.25, 0.3) is 5.91 Å². The highest BCUT2D eigenvalue weighted by atomic mass is 19.4. The number of ether oxygens (including phenoxy) is 1. The Labute approximate surface area is 235 Å². The van der Waals surface area contributed by atoms with Crippen molar-refractivity contribution >= 4 is 29.3 Å². The first-order chi connectivity index (χ1) is 19.8. The number of hydrogen-bond acceptors (Lipinski definition) is 9. The minimum Gasteiger partial charge on any atom is -0.508 e. The third-order valence-corrected chi connectivity index (χ3v) is 6.49. The summed E-state index contributed by atoms with van der Waals surface area (Å²) in [4.78, 5) is 49.9. The first-order valence-corrected chi connectivity index (χ1v) is 12.4. The maximum absolute atomic E-state index is 13.1. The maximum Gasteiger partial charge on any atom is 0.471 e. The van der Waals surface area contributed by atoms with Crippen LogP contribution in [0.1, 0.15) is 55.9 Å². The van der Waals surface area contributed by atoms with Gasteiger partial charge < -0.3 is 35.8 Å². The van der Waals surface area contributed by atoms with Crippen LogP contribution in [0, 0.1) is 0 Å². The molecule has 0 saturated heterocycles. The third-order valence-electron chi connectivity index (χ3n) is 6.49. The van der Waals surface area contributed by atoms with E-state index in [4.69, 9.17) is 4.74 Å². The molecule has 3 aromatic carbocycles. The molecule has 1 aliphatic rings. The van der Waals surface area contributed by atoms with Gasteiger partial charge in [-0.3, -0.25) is 14.4 Å². The Morgan fingerprint density at radius 2 is 1.45 bits per heavy atom. The lowest BCUT2D eigenvalue weighted by Crippen LogP contribution is -2.41. The second kappa shape index (κ2) is 11.7. The fourth-order valence-corrected chi connectivity index (χ4v) is 4.47. The summed E-state index contributed by atoms with van der Waals surface area (Å²) in [6, 6.07) is 9.40. The number of nitrogens with one attached hydrogen (secondary N) is 2. The highest BCUT2D eigenvalue weighted by Gasteiger charge is 2.40. The van der Waals surface area contributed by atoms with Crippen LogP contribution in [0.4, 0.5) is 18.9 Å². The van der Waals surface area contributed by atoms with Crippen molar-refractivity contribution < 1.29 is 57.5 Å². The molecular weight excluding hydrogens is 565 g/mol. The van der Waals surface area contributed by atoms with Gasteiger partial charge in [-0.05, 0) is 67.8 Å². The van der Waals surface area contributed by atoms with Crippen molar-refractivity contribution in [2.45, 2.75) is 37.6 Å². The Hall–Kier alpha value is -5.27. The number of halogens is 3. The Balaban J connectivity index is 1.52. The number of aromatic hydroxyl groups is 4. The van der Waals surface area contributed by atoms with E-state index in [2.05, 4.69) is 5.32 Å². The highest BCUT2D eigenvalue weighted by molar-refractivity contribution is 6.18. The Morgan fingerprint density at radius 3 is 2.07 bits per heavy atom. The summed E-state index contributed by atoms with van der Waals surface area (Å²) in [6.45, 7) is 0. The van der Waals surface area contributed by atoms with E-state index >= 15 is 0 Å². The van der Waals surface area contributed by atoms with E-state index in [0.717, 1.165) is 30.3 Å². The number of anilines is 1. The van der Waals surface area contributed by atoms with E-state index in [0.29, 0.717) is 19.3 Å². The molecular formula is C28H23F3N2O9. The summed E-state index contributed by atoms with van der Waals surface area (Å²) < 4.78 is 43.7. The van der Waals surface area contributed by atoms with Gasteiger partial charge in [-0.1, -0.05) is 6.07 Å². The fraction of sp³-hybridized carbons (Fsp3) is 0.214. The number of carbonyl (C=O) groups is 4. The summed E-state index contributed by atoms with van der Waals surface area (Å²) >= 11 is 0. The zero-order valence-corrected chi connectivity index (χ0v) is 21.4. The van der Waals surface area contributed by atoms with E-state index in [1.165, 1.54) is 29.6 Å². The summed E-state index contributed by atoms with van der Waals surface area (Å²) in [7, 11) is 0. The van der Waals surface area contributed by atoms with Crippen LogP contribution in [-0.2, 0) is 9.53 Å². The van der Waals surface area contributed by atoms with Gasteiger partial charge in [0, 0.05) is 5.56 Å². The molecule has 1 saturated carbocycles. The van der Waals surface area contributed by atoms with Crippen LogP contribution in [0.15, 0.2) is 54.6 Å². The van der Waals surface area contributed by atoms with Crippen LogP contribution in [0.3, 0.4) is 0 Å². The zero-order chi connectivity index (χ0) is 30.8. The number of carbonyl (C=O) groups excluding carboxylic acids is 4. The molecule has 2 amide bonds. The predicted molar refractivity (Wildman–Crippen MR) is 138 cm³/mol. The minimum absolute atomic E-state index is 0.0207. The third kappa shape index (κ3) is 6.37. The summed E-state index contributed by atoms with van der Waals surface area (Å²) in [6.07, 6.45) is -4.61. The molecule has 1 fully saturated rings. The van der Waals surface area contributed by atoms with Gasteiger partial charge in [0.2, 0.25) is 5.78 Å². The molecule has 1 aliphatic carbocycles. The highest BCUT2D eigenvalue weighted by Crippen LogP contribution is 2.37. The van der Waals surface area contributed by atoms with Gasteiger partial charge in [-0.2, -0.15) is 13.2 Å². The summed E-state index contributed by atoms with van der Waals surface area (Å²) in [5.41, 5.74) is -2.58. The number of hydrogen-bond donors (Lipinski definition) is 6. The topological polar surface area (TPSA) is 182 Å². The number of esters is 1. The molecule has 4 rings (SSSR count). The van der Waals surface area contributed by atoms with Gasteiger partial charge in [0.05, 0.1) is 22.9 Å². The number of ketones is 1. The first kappa shape index (κ1) is 29.7. The molecule has 220 valence electrons. The summed E-state index contributed by atoms with van der Waals surface area (Å²) in [5, 5.41) is 44.8. The van der Waals surface area contributed by atoms with Crippen molar-refractivity contribution in [3.8, 4) is 23.0 Å². The zero-order valence-electron chi connectivity index (χ0n) is 21.4. The molecule has 0 bridgehead atoms. The van der Waals surface area contributed by atoms with Gasteiger partial charge in [-0.15, -0.1) is 0 Å². The number of phenols is 4. The molecule has 0 heterocycles. The molecule has 0 spiro atoms. The average Bonchev–Trinajstić information content (AvgIpc) is 3.34. The first-order valence-electron chi connectivity index (χ1n) is 12.4. The van der Waals surface area contributed by atoms with E-state index in [-0.39, 0.29) is 16.9 Å². The number of benzene rings is 3. The molecule has 0 unspecified atom stereocenters. The molecule has 42 heavy (non-hydrogen) atoms. The number of rotatable bonds is 7. The van der Waals surface area contributed by atoms with Crippen molar-refractivity contribution in [2.24, 2.45) is 0 Å². The fourth-order valence-electron chi connectivity index (χ4n) is 4.47. The van der Waals surface area contributed by atoms with Crippen molar-refractivity contribution in [1.82, 2.24) is 5.32 Å². The van der Waals surface area contributed by atoms with Gasteiger partial charge in [0.15, 0.2) is 0 Å². The van der Waals surface area contributed by atoms with E-state index < -0.39 is 76.0 Å². The molecule has 3 aromatic rings. The van der Waals surface area contributed by atoms with Crippen LogP contribution in [0.2, 0.25) is 0 Å². The van der Waals surface area contributed by atoms with Crippen LogP contribution in [-0.4, -0.2) is 62.3 Å². The lowest BCUT2D eigenvalue weighted by Gasteiger charge is -2.22. The largest absolute Gasteiger partial charge is 0.508 e. The van der Waals surface area contributed by atoms with E-state index in [1.807, 2.05) is 0 Å². The van der Waals surface area contributed by atoms with Crippen molar-refractivity contribution in [1.29, 1.82) is 0 Å². The van der Waals surface area contributed by atoms with E-state index in [9.17, 15) is 52.8 Å². The quantitative estimate of drug-likeness (QED) is 0.177. The van der Waals surface area contributed by atoms with Crippen LogP contribution < -0.4 is 10.6 Å². The van der Waals surface area contributed by atoms with Crippen LogP contribution >= 0.6 is 0 Å². The maximum atomic E-state index is 13.1. The molecule has 11 nitrogen and oxygen atoms in total. The molecule has 14 heteroatoms. The molecule has 6 N–H and O–H groups in total. The van der Waals surface area contributed by atoms with Crippen molar-refractivity contribution in [3.63, 3.8) is 0 Å². The number of phenolic OH excluding ortho intramolecular Hbond substituents is 4. The van der Waals surface area contributed by atoms with Crippen LogP contribution in [0.5, 0.6) is 23.0 Å².